The molecule has 1 amide bonds. The zero-order chi connectivity index (χ0) is 17.8. The zero-order valence-electron chi connectivity index (χ0n) is 14.4. The number of aryl methyl sites for hydroxylation is 2. The number of fused-ring (bicyclic) bond motifs is 1. The molecule has 26 heavy (non-hydrogen) atoms. The number of nitrogens with one attached hydrogen (secondary N) is 1. The van der Waals surface area contributed by atoms with Gasteiger partial charge in [-0.2, -0.15) is 0 Å². The Bertz CT molecular complexity index is 984. The van der Waals surface area contributed by atoms with Gasteiger partial charge in [0, 0.05) is 11.9 Å². The third kappa shape index (κ3) is 3.58. The molecule has 0 fully saturated rings. The summed E-state index contributed by atoms with van der Waals surface area (Å²) in [5, 5.41) is 6.15. The maximum atomic E-state index is 12.7. The average Bonchev–Trinajstić information content (AvgIpc) is 3.39. The van der Waals surface area contributed by atoms with Gasteiger partial charge in [-0.1, -0.05) is 30.3 Å². The number of furan rings is 1. The summed E-state index contributed by atoms with van der Waals surface area (Å²) in [7, 11) is 0. The number of hydrogen-bond donors (Lipinski definition) is 1. The van der Waals surface area contributed by atoms with Crippen LogP contribution in [0.5, 0.6) is 0 Å². The topological polar surface area (TPSA) is 47.2 Å². The standard InChI is InChI=1S/C21H20N2O2S/c24-20(22-15-18-9-5-12-25-18)19-14-17-10-13-26-21(17)23(19)11-4-8-16-6-2-1-3-7-16/h1-3,5-7,9-10,12-14H,4,8,11,15H2,(H,22,24). The van der Waals surface area contributed by atoms with Crippen molar-refractivity contribution in [1.82, 2.24) is 9.88 Å². The minimum absolute atomic E-state index is 0.0653. The van der Waals surface area contributed by atoms with E-state index in [1.807, 2.05) is 24.3 Å². The lowest BCUT2D eigenvalue weighted by Crippen LogP contribution is -2.25. The number of carbonyl (C=O) groups excluding carboxylic acids is 1. The molecule has 1 aromatic carbocycles. The number of carbonyl (C=O) groups is 1. The van der Waals surface area contributed by atoms with Crippen molar-refractivity contribution < 1.29 is 9.21 Å². The lowest BCUT2D eigenvalue weighted by Gasteiger charge is -2.10. The molecule has 5 heteroatoms. The second-order valence-electron chi connectivity index (χ2n) is 6.21. The molecule has 132 valence electrons. The van der Waals surface area contributed by atoms with Crippen molar-refractivity contribution in [2.45, 2.75) is 25.9 Å². The van der Waals surface area contributed by atoms with Gasteiger partial charge in [-0.25, -0.2) is 0 Å². The van der Waals surface area contributed by atoms with Gasteiger partial charge in [0.1, 0.15) is 16.3 Å². The van der Waals surface area contributed by atoms with Crippen LogP contribution in [0.25, 0.3) is 10.2 Å². The first kappa shape index (κ1) is 16.7. The zero-order valence-corrected chi connectivity index (χ0v) is 15.2. The van der Waals surface area contributed by atoms with Crippen LogP contribution in [0.4, 0.5) is 0 Å². The van der Waals surface area contributed by atoms with E-state index in [2.05, 4.69) is 45.6 Å². The number of thiophene rings is 1. The lowest BCUT2D eigenvalue weighted by atomic mass is 10.1. The summed E-state index contributed by atoms with van der Waals surface area (Å²) < 4.78 is 7.43. The maximum Gasteiger partial charge on any atom is 0.268 e. The number of aromatic nitrogens is 1. The molecule has 0 radical (unpaired) electrons. The van der Waals surface area contributed by atoms with Gasteiger partial charge in [0.2, 0.25) is 0 Å². The van der Waals surface area contributed by atoms with Gasteiger partial charge >= 0.3 is 0 Å². The monoisotopic (exact) mass is 364 g/mol. The fraction of sp³-hybridized carbons (Fsp3) is 0.190. The van der Waals surface area contributed by atoms with Gasteiger partial charge in [0.05, 0.1) is 12.8 Å². The van der Waals surface area contributed by atoms with Gasteiger partial charge in [0.15, 0.2) is 0 Å². The van der Waals surface area contributed by atoms with Gasteiger partial charge < -0.3 is 14.3 Å². The second-order valence-corrected chi connectivity index (χ2v) is 7.11. The minimum atomic E-state index is -0.0653. The summed E-state index contributed by atoms with van der Waals surface area (Å²) in [6.07, 6.45) is 3.60. The Kier molecular flexibility index (Phi) is 4.88. The molecule has 0 bridgehead atoms. The number of benzene rings is 1. The normalized spacial score (nSPS) is 11.1. The summed E-state index contributed by atoms with van der Waals surface area (Å²) in [5.41, 5.74) is 2.04. The van der Waals surface area contributed by atoms with E-state index in [-0.39, 0.29) is 5.91 Å². The first-order chi connectivity index (χ1) is 12.8. The highest BCUT2D eigenvalue weighted by Crippen LogP contribution is 2.26. The van der Waals surface area contributed by atoms with Gasteiger partial charge in [-0.05, 0) is 48.1 Å². The molecule has 3 aromatic heterocycles. The molecular weight excluding hydrogens is 344 g/mol. The molecule has 1 N–H and O–H groups in total. The Balaban J connectivity index is 1.48. The summed E-state index contributed by atoms with van der Waals surface area (Å²) in [4.78, 5) is 13.8. The van der Waals surface area contributed by atoms with Crippen LogP contribution >= 0.6 is 11.3 Å². The van der Waals surface area contributed by atoms with Gasteiger partial charge in [-0.3, -0.25) is 4.79 Å². The van der Waals surface area contributed by atoms with Crippen LogP contribution in [0.15, 0.2) is 70.7 Å². The van der Waals surface area contributed by atoms with E-state index in [4.69, 9.17) is 4.42 Å². The molecule has 0 saturated heterocycles. The van der Waals surface area contributed by atoms with Crippen LogP contribution < -0.4 is 5.32 Å². The maximum absolute atomic E-state index is 12.7. The molecule has 3 heterocycles. The summed E-state index contributed by atoms with van der Waals surface area (Å²) in [6, 6.07) is 18.2. The average molecular weight is 364 g/mol. The van der Waals surface area contributed by atoms with Crippen molar-refractivity contribution in [2.75, 3.05) is 0 Å². The van der Waals surface area contributed by atoms with E-state index >= 15 is 0 Å². The van der Waals surface area contributed by atoms with Crippen LogP contribution in [0.1, 0.15) is 28.2 Å². The van der Waals surface area contributed by atoms with Crippen molar-refractivity contribution in [3.63, 3.8) is 0 Å². The predicted molar refractivity (Wildman–Crippen MR) is 104 cm³/mol. The lowest BCUT2D eigenvalue weighted by molar-refractivity contribution is 0.0939. The molecule has 0 unspecified atom stereocenters. The van der Waals surface area contributed by atoms with Crippen molar-refractivity contribution in [3.05, 3.63) is 83.3 Å². The quantitative estimate of drug-likeness (QED) is 0.509. The van der Waals surface area contributed by atoms with Gasteiger partial charge in [0.25, 0.3) is 5.91 Å². The van der Waals surface area contributed by atoms with Crippen LogP contribution in [0.3, 0.4) is 0 Å². The van der Waals surface area contributed by atoms with Crippen LogP contribution in [0.2, 0.25) is 0 Å². The van der Waals surface area contributed by atoms with E-state index < -0.39 is 0 Å². The molecule has 0 saturated carbocycles. The molecule has 0 spiro atoms. The van der Waals surface area contributed by atoms with E-state index in [1.165, 1.54) is 5.56 Å². The number of nitrogens with zero attached hydrogens (tertiary/aromatic N) is 1. The molecule has 4 rings (SSSR count). The first-order valence-corrected chi connectivity index (χ1v) is 9.60. The molecule has 0 aliphatic rings. The van der Waals surface area contributed by atoms with Crippen molar-refractivity contribution >= 4 is 27.5 Å². The van der Waals surface area contributed by atoms with Crippen molar-refractivity contribution in [2.24, 2.45) is 0 Å². The summed E-state index contributed by atoms with van der Waals surface area (Å²) in [5.74, 6) is 0.687. The van der Waals surface area contributed by atoms with E-state index in [0.717, 1.165) is 35.4 Å². The Hall–Kier alpha value is -2.79. The Labute approximate surface area is 156 Å². The van der Waals surface area contributed by atoms with Crippen molar-refractivity contribution in [3.8, 4) is 0 Å². The number of hydrogen-bond acceptors (Lipinski definition) is 3. The summed E-state index contributed by atoms with van der Waals surface area (Å²) >= 11 is 1.68. The number of amides is 1. The molecule has 4 aromatic rings. The van der Waals surface area contributed by atoms with Crippen LogP contribution in [0, 0.1) is 0 Å². The third-order valence-corrected chi connectivity index (χ3v) is 5.38. The van der Waals surface area contributed by atoms with E-state index in [1.54, 1.807) is 17.6 Å². The predicted octanol–water partition coefficient (Wildman–Crippen LogP) is 4.86. The Morgan fingerprint density at radius 1 is 1.12 bits per heavy atom. The van der Waals surface area contributed by atoms with E-state index in [9.17, 15) is 4.79 Å². The third-order valence-electron chi connectivity index (χ3n) is 4.43. The summed E-state index contributed by atoms with van der Waals surface area (Å²) in [6.45, 7) is 1.22. The van der Waals surface area contributed by atoms with E-state index in [0.29, 0.717) is 12.2 Å². The first-order valence-electron chi connectivity index (χ1n) is 8.72. The fourth-order valence-electron chi connectivity index (χ4n) is 3.14. The molecule has 0 atom stereocenters. The molecule has 4 nitrogen and oxygen atoms in total. The fourth-order valence-corrected chi connectivity index (χ4v) is 4.07. The van der Waals surface area contributed by atoms with Crippen molar-refractivity contribution in [1.29, 1.82) is 0 Å². The Morgan fingerprint density at radius 3 is 2.81 bits per heavy atom. The molecule has 0 aliphatic heterocycles. The molecular formula is C21H20N2O2S. The van der Waals surface area contributed by atoms with Crippen LogP contribution in [-0.4, -0.2) is 10.5 Å². The molecule has 0 aliphatic carbocycles. The smallest absolute Gasteiger partial charge is 0.268 e. The number of rotatable bonds is 7. The largest absolute Gasteiger partial charge is 0.467 e. The van der Waals surface area contributed by atoms with Gasteiger partial charge in [-0.15, -0.1) is 11.3 Å². The minimum Gasteiger partial charge on any atom is -0.467 e. The second kappa shape index (κ2) is 7.62. The highest BCUT2D eigenvalue weighted by atomic mass is 32.1. The highest BCUT2D eigenvalue weighted by molar-refractivity contribution is 7.16. The SMILES string of the molecule is O=C(NCc1ccco1)c1cc2ccsc2n1CCCc1ccccc1. The highest BCUT2D eigenvalue weighted by Gasteiger charge is 2.16. The Morgan fingerprint density at radius 2 is 2.00 bits per heavy atom. The van der Waals surface area contributed by atoms with Crippen LogP contribution in [-0.2, 0) is 19.5 Å².